The third kappa shape index (κ3) is 6.94. The monoisotopic (exact) mass is 388 g/mol. The molecule has 2 N–H and O–H groups in total. The second-order valence-electron chi connectivity index (χ2n) is 6.16. The third-order valence-corrected chi connectivity index (χ3v) is 4.27. The molecule has 2 amide bonds. The van der Waals surface area contributed by atoms with Crippen LogP contribution >= 0.6 is 11.6 Å². The summed E-state index contributed by atoms with van der Waals surface area (Å²) in [5, 5.41) is 6.36. The van der Waals surface area contributed by atoms with Crippen LogP contribution in [0.2, 0.25) is 5.02 Å². The molecular formula is C21H25ClN2O3. The van der Waals surface area contributed by atoms with Gasteiger partial charge in [0.05, 0.1) is 12.6 Å². The van der Waals surface area contributed by atoms with Crippen LogP contribution in [0.3, 0.4) is 0 Å². The number of halogens is 1. The first-order chi connectivity index (χ1) is 13.0. The second-order valence-corrected chi connectivity index (χ2v) is 6.60. The van der Waals surface area contributed by atoms with Crippen LogP contribution in [0.5, 0.6) is 5.75 Å². The molecule has 0 aromatic heterocycles. The Morgan fingerprint density at radius 2 is 1.89 bits per heavy atom. The van der Waals surface area contributed by atoms with Gasteiger partial charge in [0, 0.05) is 23.6 Å². The van der Waals surface area contributed by atoms with Crippen molar-refractivity contribution in [1.82, 2.24) is 10.6 Å². The van der Waals surface area contributed by atoms with Crippen molar-refractivity contribution < 1.29 is 14.3 Å². The highest BCUT2D eigenvalue weighted by Crippen LogP contribution is 2.19. The molecule has 0 saturated carbocycles. The Kier molecular flexibility index (Phi) is 8.14. The standard InChI is InChI=1S/C21H25ClN2O3/c1-3-27-19-7-4-6-17(14-19)15(2)24-20(25)8-5-13-23-21(26)16-9-11-18(22)12-10-16/h4,6-7,9-12,14-15H,3,5,8,13H2,1-2H3,(H,23,26)(H,24,25). The van der Waals surface area contributed by atoms with Gasteiger partial charge in [0.25, 0.3) is 5.91 Å². The molecule has 0 radical (unpaired) electrons. The number of carbonyl (C=O) groups excluding carboxylic acids is 2. The molecule has 27 heavy (non-hydrogen) atoms. The van der Waals surface area contributed by atoms with Crippen LogP contribution in [-0.2, 0) is 4.79 Å². The zero-order valence-electron chi connectivity index (χ0n) is 15.6. The van der Waals surface area contributed by atoms with Gasteiger partial charge < -0.3 is 15.4 Å². The van der Waals surface area contributed by atoms with Gasteiger partial charge in [-0.25, -0.2) is 0 Å². The van der Waals surface area contributed by atoms with Crippen molar-refractivity contribution in [2.24, 2.45) is 0 Å². The molecule has 1 atom stereocenters. The van der Waals surface area contributed by atoms with E-state index in [0.29, 0.717) is 36.6 Å². The molecule has 0 aliphatic rings. The number of amides is 2. The molecule has 2 aromatic rings. The molecule has 0 saturated heterocycles. The zero-order chi connectivity index (χ0) is 19.6. The van der Waals surface area contributed by atoms with E-state index in [0.717, 1.165) is 11.3 Å². The summed E-state index contributed by atoms with van der Waals surface area (Å²) in [6.45, 7) is 4.91. The minimum absolute atomic E-state index is 0.0509. The van der Waals surface area contributed by atoms with Gasteiger partial charge in [0.15, 0.2) is 0 Å². The van der Waals surface area contributed by atoms with E-state index in [1.54, 1.807) is 24.3 Å². The molecule has 2 aromatic carbocycles. The summed E-state index contributed by atoms with van der Waals surface area (Å²) >= 11 is 5.80. The Morgan fingerprint density at radius 3 is 2.59 bits per heavy atom. The van der Waals surface area contributed by atoms with Crippen molar-refractivity contribution in [2.75, 3.05) is 13.2 Å². The predicted molar refractivity (Wildman–Crippen MR) is 107 cm³/mol. The van der Waals surface area contributed by atoms with Gasteiger partial charge in [0.1, 0.15) is 5.75 Å². The van der Waals surface area contributed by atoms with E-state index < -0.39 is 0 Å². The van der Waals surface area contributed by atoms with Crippen molar-refractivity contribution in [2.45, 2.75) is 32.7 Å². The number of hydrogen-bond acceptors (Lipinski definition) is 3. The SMILES string of the molecule is CCOc1cccc(C(C)NC(=O)CCCNC(=O)c2ccc(Cl)cc2)c1. The van der Waals surface area contributed by atoms with Gasteiger partial charge in [0.2, 0.25) is 5.91 Å². The van der Waals surface area contributed by atoms with Gasteiger partial charge in [-0.05, 0) is 62.2 Å². The zero-order valence-corrected chi connectivity index (χ0v) is 16.4. The van der Waals surface area contributed by atoms with E-state index in [9.17, 15) is 9.59 Å². The third-order valence-electron chi connectivity index (χ3n) is 4.02. The van der Waals surface area contributed by atoms with Crippen molar-refractivity contribution in [3.05, 3.63) is 64.7 Å². The Morgan fingerprint density at radius 1 is 1.15 bits per heavy atom. The van der Waals surface area contributed by atoms with Gasteiger partial charge in [-0.3, -0.25) is 9.59 Å². The van der Waals surface area contributed by atoms with E-state index >= 15 is 0 Å². The van der Waals surface area contributed by atoms with Crippen molar-refractivity contribution in [3.8, 4) is 5.75 Å². The van der Waals surface area contributed by atoms with Crippen molar-refractivity contribution >= 4 is 23.4 Å². The molecule has 144 valence electrons. The van der Waals surface area contributed by atoms with Crippen molar-refractivity contribution in [3.63, 3.8) is 0 Å². The van der Waals surface area contributed by atoms with E-state index in [4.69, 9.17) is 16.3 Å². The molecule has 0 aliphatic heterocycles. The number of nitrogens with one attached hydrogen (secondary N) is 2. The first kappa shape index (κ1) is 20.8. The fourth-order valence-corrected chi connectivity index (χ4v) is 2.72. The number of rotatable bonds is 9. The molecule has 1 unspecified atom stereocenters. The summed E-state index contributed by atoms with van der Waals surface area (Å²) in [7, 11) is 0. The molecule has 0 bridgehead atoms. The van der Waals surface area contributed by atoms with Crippen LogP contribution in [0.25, 0.3) is 0 Å². The highest BCUT2D eigenvalue weighted by molar-refractivity contribution is 6.30. The highest BCUT2D eigenvalue weighted by Gasteiger charge is 2.11. The van der Waals surface area contributed by atoms with Crippen LogP contribution < -0.4 is 15.4 Å². The fourth-order valence-electron chi connectivity index (χ4n) is 2.59. The highest BCUT2D eigenvalue weighted by atomic mass is 35.5. The summed E-state index contributed by atoms with van der Waals surface area (Å²) in [6.07, 6.45) is 0.910. The van der Waals surface area contributed by atoms with Gasteiger partial charge in [-0.15, -0.1) is 0 Å². The number of hydrogen-bond donors (Lipinski definition) is 2. The lowest BCUT2D eigenvalue weighted by Gasteiger charge is -2.15. The van der Waals surface area contributed by atoms with Crippen LogP contribution in [0.1, 0.15) is 48.7 Å². The second kappa shape index (κ2) is 10.6. The summed E-state index contributed by atoms with van der Waals surface area (Å²) < 4.78 is 5.49. The first-order valence-corrected chi connectivity index (χ1v) is 9.43. The Hall–Kier alpha value is -2.53. The minimum atomic E-state index is -0.173. The number of carbonyl (C=O) groups is 2. The van der Waals surface area contributed by atoms with Gasteiger partial charge in [-0.1, -0.05) is 23.7 Å². The lowest BCUT2D eigenvalue weighted by molar-refractivity contribution is -0.121. The predicted octanol–water partition coefficient (Wildman–Crippen LogP) is 4.13. The number of ether oxygens (including phenoxy) is 1. The maximum Gasteiger partial charge on any atom is 0.251 e. The van der Waals surface area contributed by atoms with Crippen LogP contribution in [0.4, 0.5) is 0 Å². The summed E-state index contributed by atoms with van der Waals surface area (Å²) in [6, 6.07) is 14.3. The molecule has 5 nitrogen and oxygen atoms in total. The van der Waals surface area contributed by atoms with E-state index in [2.05, 4.69) is 10.6 Å². The normalized spacial score (nSPS) is 11.5. The maximum atomic E-state index is 12.1. The molecule has 0 spiro atoms. The average Bonchev–Trinajstić information content (AvgIpc) is 2.66. The molecule has 6 heteroatoms. The quantitative estimate of drug-likeness (QED) is 0.635. The van der Waals surface area contributed by atoms with Crippen LogP contribution in [0, 0.1) is 0 Å². The summed E-state index contributed by atoms with van der Waals surface area (Å²) in [5.74, 6) is 0.569. The van der Waals surface area contributed by atoms with E-state index in [1.165, 1.54) is 0 Å². The minimum Gasteiger partial charge on any atom is -0.494 e. The smallest absolute Gasteiger partial charge is 0.251 e. The van der Waals surface area contributed by atoms with Crippen LogP contribution in [-0.4, -0.2) is 25.0 Å². The van der Waals surface area contributed by atoms with Crippen molar-refractivity contribution in [1.29, 1.82) is 0 Å². The van der Waals surface area contributed by atoms with Gasteiger partial charge in [-0.2, -0.15) is 0 Å². The average molecular weight is 389 g/mol. The molecule has 0 heterocycles. The maximum absolute atomic E-state index is 12.1. The lowest BCUT2D eigenvalue weighted by Crippen LogP contribution is -2.29. The summed E-state index contributed by atoms with van der Waals surface area (Å²) in [5.41, 5.74) is 1.54. The van der Waals surface area contributed by atoms with Gasteiger partial charge >= 0.3 is 0 Å². The first-order valence-electron chi connectivity index (χ1n) is 9.05. The fraction of sp³-hybridized carbons (Fsp3) is 0.333. The molecule has 0 aliphatic carbocycles. The lowest BCUT2D eigenvalue weighted by atomic mass is 10.1. The van der Waals surface area contributed by atoms with Crippen LogP contribution in [0.15, 0.2) is 48.5 Å². The summed E-state index contributed by atoms with van der Waals surface area (Å²) in [4.78, 5) is 24.1. The Bertz CT molecular complexity index is 762. The Balaban J connectivity index is 1.72. The number of benzene rings is 2. The topological polar surface area (TPSA) is 67.4 Å². The molecule has 2 rings (SSSR count). The largest absolute Gasteiger partial charge is 0.494 e. The van der Waals surface area contributed by atoms with E-state index in [1.807, 2.05) is 38.1 Å². The molecular weight excluding hydrogens is 364 g/mol. The Labute approximate surface area is 165 Å². The van der Waals surface area contributed by atoms with E-state index in [-0.39, 0.29) is 17.9 Å². The molecule has 0 fully saturated rings.